The van der Waals surface area contributed by atoms with Crippen molar-refractivity contribution in [2.75, 3.05) is 0 Å². The van der Waals surface area contributed by atoms with Crippen LogP contribution in [0.5, 0.6) is 0 Å². The molecule has 1 atom stereocenters. The van der Waals surface area contributed by atoms with Gasteiger partial charge in [-0.05, 0) is 71.1 Å². The highest BCUT2D eigenvalue weighted by molar-refractivity contribution is 7.18. The molecular formula is C40H25N7S. The smallest absolute Gasteiger partial charge is 0.238 e. The largest absolute Gasteiger partial charge is 0.277 e. The predicted molar refractivity (Wildman–Crippen MR) is 191 cm³/mol. The molecule has 0 spiro atoms. The van der Waals surface area contributed by atoms with Gasteiger partial charge >= 0.3 is 0 Å². The Balaban J connectivity index is 1.28. The molecule has 1 aliphatic rings. The molecule has 0 bridgehead atoms. The molecule has 8 heteroatoms. The summed E-state index contributed by atoms with van der Waals surface area (Å²) in [5, 5.41) is 3.44. The Hall–Kier alpha value is -6.12. The average Bonchev–Trinajstić information content (AvgIpc) is 3.75. The summed E-state index contributed by atoms with van der Waals surface area (Å²) in [4.78, 5) is 29.3. The maximum atomic E-state index is 5.17. The second-order valence-corrected chi connectivity index (χ2v) is 13.0. The van der Waals surface area contributed by atoms with Gasteiger partial charge in [-0.25, -0.2) is 9.97 Å². The standard InChI is InChI=1S/C40H25N7S/c1-2-12-26-25(11-1)27-18-19-29-28-13-3-5-16-34(28)47(36(29)30(27)22-31(26)39-43-32-14-4-6-17-35(32)48-39)40-45-37(24-10-9-20-41-23-24)44-38(46-40)33-15-7-8-21-42-33/h1-21,23,31H,22H2. The molecule has 48 heavy (non-hydrogen) atoms. The van der Waals surface area contributed by atoms with E-state index in [0.717, 1.165) is 44.3 Å². The van der Waals surface area contributed by atoms with Crippen LogP contribution in [0.25, 0.3) is 72.0 Å². The van der Waals surface area contributed by atoms with Crippen molar-refractivity contribution in [1.82, 2.24) is 34.5 Å². The lowest BCUT2D eigenvalue weighted by molar-refractivity contribution is 0.788. The van der Waals surface area contributed by atoms with Crippen molar-refractivity contribution in [2.24, 2.45) is 0 Å². The predicted octanol–water partition coefficient (Wildman–Crippen LogP) is 9.06. The molecule has 0 N–H and O–H groups in total. The lowest BCUT2D eigenvalue weighted by atomic mass is 9.78. The molecule has 0 saturated carbocycles. The molecule has 10 rings (SSSR count). The van der Waals surface area contributed by atoms with E-state index >= 15 is 0 Å². The Labute approximate surface area is 279 Å². The van der Waals surface area contributed by atoms with E-state index in [1.54, 1.807) is 29.9 Å². The van der Waals surface area contributed by atoms with E-state index in [2.05, 4.69) is 99.5 Å². The second-order valence-electron chi connectivity index (χ2n) is 11.9. The van der Waals surface area contributed by atoms with Gasteiger partial charge in [0.2, 0.25) is 5.95 Å². The van der Waals surface area contributed by atoms with Crippen LogP contribution in [-0.2, 0) is 6.42 Å². The van der Waals surface area contributed by atoms with Crippen molar-refractivity contribution < 1.29 is 0 Å². The number of hydrogen-bond donors (Lipinski definition) is 0. The van der Waals surface area contributed by atoms with Crippen LogP contribution in [0.15, 0.2) is 134 Å². The van der Waals surface area contributed by atoms with Gasteiger partial charge in [-0.15, -0.1) is 11.3 Å². The topological polar surface area (TPSA) is 82.3 Å². The molecule has 7 nitrogen and oxygen atoms in total. The summed E-state index contributed by atoms with van der Waals surface area (Å²) in [6.45, 7) is 0. The summed E-state index contributed by atoms with van der Waals surface area (Å²) in [5.41, 5.74) is 9.70. The monoisotopic (exact) mass is 635 g/mol. The molecular weight excluding hydrogens is 611 g/mol. The number of thiazole rings is 1. The highest BCUT2D eigenvalue weighted by Gasteiger charge is 2.31. The summed E-state index contributed by atoms with van der Waals surface area (Å²) in [7, 11) is 0. The van der Waals surface area contributed by atoms with Gasteiger partial charge in [0.25, 0.3) is 0 Å². The summed E-state index contributed by atoms with van der Waals surface area (Å²) in [5.74, 6) is 1.70. The summed E-state index contributed by atoms with van der Waals surface area (Å²) in [6.07, 6.45) is 6.10. The fraction of sp³-hybridized carbons (Fsp3) is 0.0500. The van der Waals surface area contributed by atoms with E-state index in [9.17, 15) is 0 Å². The van der Waals surface area contributed by atoms with Crippen molar-refractivity contribution in [3.8, 4) is 40.0 Å². The third-order valence-electron chi connectivity index (χ3n) is 9.22. The zero-order chi connectivity index (χ0) is 31.6. The fourth-order valence-corrected chi connectivity index (χ4v) is 8.20. The van der Waals surface area contributed by atoms with Gasteiger partial charge in [0, 0.05) is 40.8 Å². The lowest BCUT2D eigenvalue weighted by Gasteiger charge is -2.27. The number of fused-ring (bicyclic) bond motifs is 8. The normalized spacial score (nSPS) is 14.0. The van der Waals surface area contributed by atoms with E-state index in [4.69, 9.17) is 19.9 Å². The molecule has 226 valence electrons. The molecule has 0 aliphatic heterocycles. The number of nitrogens with zero attached hydrogens (tertiary/aromatic N) is 7. The van der Waals surface area contributed by atoms with Gasteiger partial charge in [-0.2, -0.15) is 9.97 Å². The third kappa shape index (κ3) is 4.19. The van der Waals surface area contributed by atoms with Crippen LogP contribution in [0.4, 0.5) is 0 Å². The molecule has 1 aliphatic carbocycles. The van der Waals surface area contributed by atoms with E-state index in [1.165, 1.54) is 27.0 Å². The summed E-state index contributed by atoms with van der Waals surface area (Å²) >= 11 is 1.79. The first kappa shape index (κ1) is 27.0. The molecule has 0 fully saturated rings. The van der Waals surface area contributed by atoms with Gasteiger partial charge in [0.15, 0.2) is 11.6 Å². The first-order valence-electron chi connectivity index (χ1n) is 15.9. The van der Waals surface area contributed by atoms with Crippen molar-refractivity contribution in [2.45, 2.75) is 12.3 Å². The van der Waals surface area contributed by atoms with Crippen LogP contribution < -0.4 is 0 Å². The highest BCUT2D eigenvalue weighted by Crippen LogP contribution is 2.48. The number of pyridine rings is 2. The second kappa shape index (κ2) is 10.7. The van der Waals surface area contributed by atoms with Crippen LogP contribution >= 0.6 is 11.3 Å². The van der Waals surface area contributed by atoms with Crippen molar-refractivity contribution in [1.29, 1.82) is 0 Å². The van der Waals surface area contributed by atoms with Gasteiger partial charge in [-0.1, -0.05) is 72.8 Å². The van der Waals surface area contributed by atoms with E-state index in [0.29, 0.717) is 23.3 Å². The minimum atomic E-state index is 0.108. The minimum Gasteiger partial charge on any atom is -0.277 e. The maximum absolute atomic E-state index is 5.17. The van der Waals surface area contributed by atoms with Crippen LogP contribution in [0.1, 0.15) is 22.1 Å². The fourth-order valence-electron chi connectivity index (χ4n) is 7.11. The number of rotatable bonds is 4. The first-order valence-corrected chi connectivity index (χ1v) is 16.7. The number of aromatic nitrogens is 7. The van der Waals surface area contributed by atoms with E-state index in [-0.39, 0.29) is 5.92 Å². The van der Waals surface area contributed by atoms with Gasteiger partial charge < -0.3 is 0 Å². The quantitative estimate of drug-likeness (QED) is 0.192. The summed E-state index contributed by atoms with van der Waals surface area (Å²) in [6, 6.07) is 39.9. The molecule has 5 aromatic heterocycles. The molecule has 0 amide bonds. The van der Waals surface area contributed by atoms with Crippen molar-refractivity contribution in [3.05, 3.63) is 150 Å². The lowest BCUT2D eigenvalue weighted by Crippen LogP contribution is -2.14. The zero-order valence-electron chi connectivity index (χ0n) is 25.5. The van der Waals surface area contributed by atoms with Crippen LogP contribution in [-0.4, -0.2) is 34.5 Å². The Morgan fingerprint density at radius 1 is 0.646 bits per heavy atom. The van der Waals surface area contributed by atoms with E-state index in [1.807, 2.05) is 30.3 Å². The SMILES string of the molecule is c1ccc(-c2nc(-c3cccnc3)nc(-n3c4ccccc4c4ccc5c(c43)CC(c3nc4ccccc4s3)c3ccccc3-5)n2)nc1. The van der Waals surface area contributed by atoms with Crippen LogP contribution in [0.3, 0.4) is 0 Å². The maximum Gasteiger partial charge on any atom is 0.238 e. The summed E-state index contributed by atoms with van der Waals surface area (Å²) < 4.78 is 3.43. The zero-order valence-corrected chi connectivity index (χ0v) is 26.3. The molecule has 4 aromatic carbocycles. The Kier molecular flexibility index (Phi) is 6.04. The van der Waals surface area contributed by atoms with Crippen LogP contribution in [0.2, 0.25) is 0 Å². The molecule has 9 aromatic rings. The Morgan fingerprint density at radius 3 is 2.40 bits per heavy atom. The minimum absolute atomic E-state index is 0.108. The van der Waals surface area contributed by atoms with Crippen molar-refractivity contribution >= 4 is 43.4 Å². The molecule has 0 saturated heterocycles. The highest BCUT2D eigenvalue weighted by atomic mass is 32.1. The first-order chi connectivity index (χ1) is 23.8. The Morgan fingerprint density at radius 2 is 1.50 bits per heavy atom. The van der Waals surface area contributed by atoms with Gasteiger partial charge in [0.1, 0.15) is 10.7 Å². The average molecular weight is 636 g/mol. The number of para-hydroxylation sites is 2. The third-order valence-corrected chi connectivity index (χ3v) is 10.4. The van der Waals surface area contributed by atoms with E-state index < -0.39 is 0 Å². The molecule has 5 heterocycles. The van der Waals surface area contributed by atoms with Gasteiger partial charge in [0.05, 0.1) is 21.3 Å². The molecule has 1 unspecified atom stereocenters. The van der Waals surface area contributed by atoms with Crippen LogP contribution in [0, 0.1) is 0 Å². The number of hydrogen-bond acceptors (Lipinski definition) is 7. The number of benzene rings is 4. The van der Waals surface area contributed by atoms with Crippen molar-refractivity contribution in [3.63, 3.8) is 0 Å². The molecule has 0 radical (unpaired) electrons. The van der Waals surface area contributed by atoms with Gasteiger partial charge in [-0.3, -0.25) is 14.5 Å². The Bertz CT molecular complexity index is 2570.